The fourth-order valence-corrected chi connectivity index (χ4v) is 2.35. The van der Waals surface area contributed by atoms with Crippen LogP contribution in [0.2, 0.25) is 0 Å². The average Bonchev–Trinajstić information content (AvgIpc) is 2.41. The van der Waals surface area contributed by atoms with E-state index in [4.69, 9.17) is 0 Å². The van der Waals surface area contributed by atoms with Crippen molar-refractivity contribution in [1.29, 1.82) is 0 Å². The highest BCUT2D eigenvalue weighted by Crippen LogP contribution is 2.17. The number of rotatable bonds is 2. The zero-order valence-electron chi connectivity index (χ0n) is 11.2. The summed E-state index contributed by atoms with van der Waals surface area (Å²) in [6.07, 6.45) is 1.23. The Labute approximate surface area is 115 Å². The Morgan fingerprint density at radius 3 is 2.50 bits per heavy atom. The second-order valence-corrected chi connectivity index (χ2v) is 4.89. The maximum absolute atomic E-state index is 13.6. The molecule has 0 aromatic heterocycles. The number of benzene rings is 1. The van der Waals surface area contributed by atoms with E-state index in [1.54, 1.807) is 0 Å². The molecule has 4 nitrogen and oxygen atoms in total. The number of hydrogen-bond acceptors (Lipinski definition) is 2. The number of nitrogens with zero attached hydrogens (tertiary/aromatic N) is 1. The van der Waals surface area contributed by atoms with E-state index in [1.165, 1.54) is 11.8 Å². The number of carbonyl (C=O) groups excluding carboxylic acids is 2. The lowest BCUT2D eigenvalue weighted by molar-refractivity contribution is -0.119. The molecule has 0 unspecified atom stereocenters. The highest BCUT2D eigenvalue weighted by Gasteiger charge is 2.25. The lowest BCUT2D eigenvalue weighted by Gasteiger charge is -2.32. The molecule has 20 heavy (non-hydrogen) atoms. The molecule has 0 saturated carbocycles. The van der Waals surface area contributed by atoms with Crippen LogP contribution in [0.4, 0.5) is 8.78 Å². The summed E-state index contributed by atoms with van der Waals surface area (Å²) >= 11 is 0. The van der Waals surface area contributed by atoms with Crippen molar-refractivity contribution in [2.45, 2.75) is 25.8 Å². The summed E-state index contributed by atoms with van der Waals surface area (Å²) in [4.78, 5) is 24.6. The van der Waals surface area contributed by atoms with Crippen LogP contribution < -0.4 is 5.32 Å². The largest absolute Gasteiger partial charge is 0.353 e. The molecule has 1 N–H and O–H groups in total. The molecule has 1 fully saturated rings. The van der Waals surface area contributed by atoms with Crippen molar-refractivity contribution in [2.75, 3.05) is 13.1 Å². The topological polar surface area (TPSA) is 49.4 Å². The summed E-state index contributed by atoms with van der Waals surface area (Å²) in [5.41, 5.74) is -0.247. The maximum atomic E-state index is 13.6. The van der Waals surface area contributed by atoms with Crippen molar-refractivity contribution in [1.82, 2.24) is 10.2 Å². The Morgan fingerprint density at radius 2 is 1.90 bits per heavy atom. The van der Waals surface area contributed by atoms with Gasteiger partial charge in [-0.05, 0) is 31.0 Å². The quantitative estimate of drug-likeness (QED) is 0.897. The van der Waals surface area contributed by atoms with Gasteiger partial charge in [-0.15, -0.1) is 0 Å². The smallest absolute Gasteiger partial charge is 0.256 e. The minimum atomic E-state index is -0.722. The van der Waals surface area contributed by atoms with E-state index < -0.39 is 17.5 Å². The maximum Gasteiger partial charge on any atom is 0.256 e. The van der Waals surface area contributed by atoms with Gasteiger partial charge in [0.2, 0.25) is 5.91 Å². The van der Waals surface area contributed by atoms with Crippen LogP contribution in [0.25, 0.3) is 0 Å². The van der Waals surface area contributed by atoms with E-state index in [-0.39, 0.29) is 17.5 Å². The Kier molecular flexibility index (Phi) is 4.32. The second-order valence-electron chi connectivity index (χ2n) is 4.89. The molecule has 0 aliphatic carbocycles. The van der Waals surface area contributed by atoms with Gasteiger partial charge in [0.1, 0.15) is 11.6 Å². The van der Waals surface area contributed by atoms with Gasteiger partial charge in [0, 0.05) is 26.1 Å². The highest BCUT2D eigenvalue weighted by molar-refractivity contribution is 5.94. The summed E-state index contributed by atoms with van der Waals surface area (Å²) in [6.45, 7) is 2.28. The van der Waals surface area contributed by atoms with Crippen LogP contribution in [0.5, 0.6) is 0 Å². The van der Waals surface area contributed by atoms with Crippen LogP contribution in [0.3, 0.4) is 0 Å². The Morgan fingerprint density at radius 1 is 1.25 bits per heavy atom. The molecule has 1 saturated heterocycles. The third-order valence-electron chi connectivity index (χ3n) is 3.35. The molecule has 6 heteroatoms. The van der Waals surface area contributed by atoms with E-state index in [9.17, 15) is 18.4 Å². The third kappa shape index (κ3) is 3.31. The Balaban J connectivity index is 2.01. The molecule has 1 aromatic rings. The van der Waals surface area contributed by atoms with Crippen LogP contribution in [0.1, 0.15) is 30.1 Å². The predicted octanol–water partition coefficient (Wildman–Crippen LogP) is 1.71. The summed E-state index contributed by atoms with van der Waals surface area (Å²) < 4.78 is 26.6. The van der Waals surface area contributed by atoms with Crippen molar-refractivity contribution in [3.63, 3.8) is 0 Å². The number of carbonyl (C=O) groups is 2. The molecule has 2 amide bonds. The predicted molar refractivity (Wildman–Crippen MR) is 69.1 cm³/mol. The Bertz CT molecular complexity index is 526. The van der Waals surface area contributed by atoms with Gasteiger partial charge in [-0.3, -0.25) is 9.59 Å². The molecule has 108 valence electrons. The monoisotopic (exact) mass is 282 g/mol. The molecular weight excluding hydrogens is 266 g/mol. The number of halogens is 2. The molecule has 0 spiro atoms. The zero-order chi connectivity index (χ0) is 14.7. The lowest BCUT2D eigenvalue weighted by atomic mass is 10.0. The van der Waals surface area contributed by atoms with Crippen LogP contribution in [0, 0.1) is 11.6 Å². The van der Waals surface area contributed by atoms with Gasteiger partial charge in [-0.1, -0.05) is 0 Å². The molecule has 0 radical (unpaired) electrons. The molecule has 0 atom stereocenters. The average molecular weight is 282 g/mol. The zero-order valence-corrected chi connectivity index (χ0v) is 11.2. The van der Waals surface area contributed by atoms with Crippen LogP contribution >= 0.6 is 0 Å². The minimum Gasteiger partial charge on any atom is -0.353 e. The first-order valence-electron chi connectivity index (χ1n) is 6.49. The van der Waals surface area contributed by atoms with Gasteiger partial charge in [0.25, 0.3) is 5.91 Å². The lowest BCUT2D eigenvalue weighted by Crippen LogP contribution is -2.46. The summed E-state index contributed by atoms with van der Waals surface area (Å²) in [5, 5.41) is 2.79. The van der Waals surface area contributed by atoms with Crippen LogP contribution in [-0.2, 0) is 4.79 Å². The fraction of sp³-hybridized carbons (Fsp3) is 0.429. The summed E-state index contributed by atoms with van der Waals surface area (Å²) in [6, 6.07) is 2.88. The van der Waals surface area contributed by atoms with Gasteiger partial charge in [-0.2, -0.15) is 0 Å². The molecule has 1 aliphatic rings. The molecule has 2 rings (SSSR count). The van der Waals surface area contributed by atoms with Gasteiger partial charge in [-0.25, -0.2) is 8.78 Å². The van der Waals surface area contributed by atoms with E-state index in [0.717, 1.165) is 18.2 Å². The van der Waals surface area contributed by atoms with E-state index in [2.05, 4.69) is 5.32 Å². The van der Waals surface area contributed by atoms with Crippen molar-refractivity contribution in [3.8, 4) is 0 Å². The molecule has 1 heterocycles. The van der Waals surface area contributed by atoms with Crippen molar-refractivity contribution in [2.24, 2.45) is 0 Å². The second kappa shape index (κ2) is 5.98. The van der Waals surface area contributed by atoms with Gasteiger partial charge >= 0.3 is 0 Å². The first-order valence-corrected chi connectivity index (χ1v) is 6.49. The van der Waals surface area contributed by atoms with Gasteiger partial charge in [0.15, 0.2) is 0 Å². The Hall–Kier alpha value is -1.98. The number of amides is 2. The molecular formula is C14H16F2N2O2. The van der Waals surface area contributed by atoms with Crippen LogP contribution in [-0.4, -0.2) is 35.8 Å². The first kappa shape index (κ1) is 14.4. The number of likely N-dealkylation sites (tertiary alicyclic amines) is 1. The normalized spacial score (nSPS) is 16.1. The SMILES string of the molecule is CC(=O)NC1CCN(C(=O)c2cc(F)ccc2F)CC1. The van der Waals surface area contributed by atoms with Crippen molar-refractivity contribution < 1.29 is 18.4 Å². The first-order chi connectivity index (χ1) is 9.47. The third-order valence-corrected chi connectivity index (χ3v) is 3.35. The van der Waals surface area contributed by atoms with Crippen LogP contribution in [0.15, 0.2) is 18.2 Å². The van der Waals surface area contributed by atoms with Crippen molar-refractivity contribution >= 4 is 11.8 Å². The van der Waals surface area contributed by atoms with E-state index >= 15 is 0 Å². The van der Waals surface area contributed by atoms with Crippen molar-refractivity contribution in [3.05, 3.63) is 35.4 Å². The number of piperidine rings is 1. The minimum absolute atomic E-state index is 0.0360. The van der Waals surface area contributed by atoms with E-state index in [1.807, 2.05) is 0 Å². The number of hydrogen-bond donors (Lipinski definition) is 1. The fourth-order valence-electron chi connectivity index (χ4n) is 2.35. The van der Waals surface area contributed by atoms with Gasteiger partial charge in [0.05, 0.1) is 5.56 Å². The summed E-state index contributed by atoms with van der Waals surface area (Å²) in [5.74, 6) is -1.97. The van der Waals surface area contributed by atoms with Gasteiger partial charge < -0.3 is 10.2 Å². The standard InChI is InChI=1S/C14H16F2N2O2/c1-9(19)17-11-4-6-18(7-5-11)14(20)12-8-10(15)2-3-13(12)16/h2-3,8,11H,4-7H2,1H3,(H,17,19). The summed E-state index contributed by atoms with van der Waals surface area (Å²) in [7, 11) is 0. The number of nitrogens with one attached hydrogen (secondary N) is 1. The van der Waals surface area contributed by atoms with E-state index in [0.29, 0.717) is 25.9 Å². The molecule has 1 aliphatic heterocycles. The molecule has 1 aromatic carbocycles. The highest BCUT2D eigenvalue weighted by atomic mass is 19.1. The molecule has 0 bridgehead atoms.